The Morgan fingerprint density at radius 3 is 2.77 bits per heavy atom. The zero-order valence-corrected chi connectivity index (χ0v) is 14.5. The van der Waals surface area contributed by atoms with Crippen LogP contribution in [0, 0.1) is 5.82 Å². The molecule has 0 aliphatic heterocycles. The summed E-state index contributed by atoms with van der Waals surface area (Å²) in [4.78, 5) is 16.7. The Kier molecular flexibility index (Phi) is 4.10. The Hall–Kier alpha value is -3.26. The number of halogens is 1. The van der Waals surface area contributed by atoms with Crippen molar-refractivity contribution in [3.05, 3.63) is 66.1 Å². The minimum Gasteiger partial charge on any atom is -0.497 e. The lowest BCUT2D eigenvalue weighted by molar-refractivity contribution is 0.102. The lowest BCUT2D eigenvalue weighted by Gasteiger charge is -2.01. The third-order valence-electron chi connectivity index (χ3n) is 3.72. The number of rotatable bonds is 4. The second-order valence-corrected chi connectivity index (χ2v) is 6.45. The smallest absolute Gasteiger partial charge is 0.256 e. The molecule has 0 aliphatic rings. The van der Waals surface area contributed by atoms with Crippen LogP contribution in [0.2, 0.25) is 0 Å². The first-order valence-electron chi connectivity index (χ1n) is 7.70. The van der Waals surface area contributed by atoms with Gasteiger partial charge in [0.1, 0.15) is 11.6 Å². The zero-order chi connectivity index (χ0) is 18.1. The summed E-state index contributed by atoms with van der Waals surface area (Å²) in [5.74, 6) is 0.402. The van der Waals surface area contributed by atoms with E-state index in [1.807, 2.05) is 18.2 Å². The molecule has 6 nitrogen and oxygen atoms in total. The van der Waals surface area contributed by atoms with Crippen LogP contribution < -0.4 is 10.1 Å². The maximum atomic E-state index is 12.9. The van der Waals surface area contributed by atoms with Crippen molar-refractivity contribution >= 4 is 33.3 Å². The maximum absolute atomic E-state index is 12.9. The van der Waals surface area contributed by atoms with Crippen LogP contribution in [0.25, 0.3) is 15.3 Å². The monoisotopic (exact) mass is 368 g/mol. The first-order valence-corrected chi connectivity index (χ1v) is 8.51. The summed E-state index contributed by atoms with van der Waals surface area (Å²) >= 11 is 1.47. The van der Waals surface area contributed by atoms with Crippen LogP contribution in [0.3, 0.4) is 0 Å². The number of fused-ring (bicyclic) bond motifs is 1. The molecule has 4 aromatic rings. The third kappa shape index (κ3) is 3.14. The van der Waals surface area contributed by atoms with Crippen LogP contribution in [-0.2, 0) is 0 Å². The molecule has 2 aromatic carbocycles. The normalized spacial score (nSPS) is 10.8. The van der Waals surface area contributed by atoms with Gasteiger partial charge < -0.3 is 10.1 Å². The molecule has 2 heterocycles. The molecule has 4 rings (SSSR count). The Morgan fingerprint density at radius 1 is 1.19 bits per heavy atom. The number of methoxy groups -OCH3 is 1. The van der Waals surface area contributed by atoms with E-state index in [0.29, 0.717) is 16.5 Å². The largest absolute Gasteiger partial charge is 0.497 e. The molecule has 2 aromatic heterocycles. The van der Waals surface area contributed by atoms with Crippen LogP contribution in [0.5, 0.6) is 5.75 Å². The van der Waals surface area contributed by atoms with Gasteiger partial charge in [0.25, 0.3) is 5.91 Å². The average Bonchev–Trinajstić information content (AvgIpc) is 3.28. The standard InChI is InChI=1S/C18H13FN4O2S/c1-25-13-6-7-14-15(10-13)26-18(20-14)23-9-8-16(22-23)21-17(24)11-2-4-12(19)5-3-11/h2-10H,1H3,(H,21,22,24). The molecule has 0 atom stereocenters. The Balaban J connectivity index is 1.56. The highest BCUT2D eigenvalue weighted by atomic mass is 32.1. The van der Waals surface area contributed by atoms with Crippen LogP contribution in [0.1, 0.15) is 10.4 Å². The molecule has 0 aliphatic carbocycles. The van der Waals surface area contributed by atoms with Crippen LogP contribution >= 0.6 is 11.3 Å². The average molecular weight is 368 g/mol. The number of carbonyl (C=O) groups is 1. The van der Waals surface area contributed by atoms with Crippen molar-refractivity contribution in [2.24, 2.45) is 0 Å². The number of carbonyl (C=O) groups excluding carboxylic acids is 1. The summed E-state index contributed by atoms with van der Waals surface area (Å²) in [6.45, 7) is 0. The minimum atomic E-state index is -0.390. The molecule has 0 unspecified atom stereocenters. The number of benzene rings is 2. The van der Waals surface area contributed by atoms with Crippen molar-refractivity contribution in [2.45, 2.75) is 0 Å². The van der Waals surface area contributed by atoms with Gasteiger partial charge in [-0.1, -0.05) is 11.3 Å². The first-order chi connectivity index (χ1) is 12.6. The number of nitrogens with zero attached hydrogens (tertiary/aromatic N) is 3. The van der Waals surface area contributed by atoms with E-state index in [9.17, 15) is 9.18 Å². The number of hydrogen-bond donors (Lipinski definition) is 1. The van der Waals surface area contributed by atoms with Gasteiger partial charge in [0.2, 0.25) is 5.13 Å². The van der Waals surface area contributed by atoms with Crippen molar-refractivity contribution in [2.75, 3.05) is 12.4 Å². The predicted octanol–water partition coefficient (Wildman–Crippen LogP) is 3.88. The molecule has 0 bridgehead atoms. The number of anilines is 1. The lowest BCUT2D eigenvalue weighted by atomic mass is 10.2. The van der Waals surface area contributed by atoms with Crippen molar-refractivity contribution < 1.29 is 13.9 Å². The maximum Gasteiger partial charge on any atom is 0.256 e. The Bertz CT molecular complexity index is 1090. The summed E-state index contributed by atoms with van der Waals surface area (Å²) in [7, 11) is 1.62. The molecule has 0 radical (unpaired) electrons. The first kappa shape index (κ1) is 16.2. The second-order valence-electron chi connectivity index (χ2n) is 5.44. The lowest BCUT2D eigenvalue weighted by Crippen LogP contribution is -2.12. The fourth-order valence-corrected chi connectivity index (χ4v) is 3.33. The number of thiazole rings is 1. The minimum absolute atomic E-state index is 0.355. The highest BCUT2D eigenvalue weighted by Crippen LogP contribution is 2.28. The van der Waals surface area contributed by atoms with Gasteiger partial charge >= 0.3 is 0 Å². The van der Waals surface area contributed by atoms with Crippen LogP contribution in [0.4, 0.5) is 10.2 Å². The molecule has 0 saturated heterocycles. The second kappa shape index (κ2) is 6.57. The van der Waals surface area contributed by atoms with Gasteiger partial charge in [-0.2, -0.15) is 0 Å². The molecular weight excluding hydrogens is 355 g/mol. The topological polar surface area (TPSA) is 69.0 Å². The van der Waals surface area contributed by atoms with Gasteiger partial charge in [-0.15, -0.1) is 5.10 Å². The van der Waals surface area contributed by atoms with Gasteiger partial charge in [-0.05, 0) is 42.5 Å². The number of nitrogens with one attached hydrogen (secondary N) is 1. The fraction of sp³-hybridized carbons (Fsp3) is 0.0556. The molecule has 130 valence electrons. The number of aromatic nitrogens is 3. The summed E-state index contributed by atoms with van der Waals surface area (Å²) in [6, 6.07) is 12.6. The quantitative estimate of drug-likeness (QED) is 0.593. The van der Waals surface area contributed by atoms with Gasteiger partial charge in [0.15, 0.2) is 5.82 Å². The van der Waals surface area contributed by atoms with Gasteiger partial charge in [-0.3, -0.25) is 4.79 Å². The highest BCUT2D eigenvalue weighted by Gasteiger charge is 2.11. The molecule has 0 fully saturated rings. The van der Waals surface area contributed by atoms with Crippen molar-refractivity contribution in [1.29, 1.82) is 0 Å². The molecule has 26 heavy (non-hydrogen) atoms. The summed E-state index contributed by atoms with van der Waals surface area (Å²) in [5, 5.41) is 7.69. The SMILES string of the molecule is COc1ccc2nc(-n3ccc(NC(=O)c4ccc(F)cc4)n3)sc2c1. The summed E-state index contributed by atoms with van der Waals surface area (Å²) < 4.78 is 20.7. The molecule has 0 saturated carbocycles. The Morgan fingerprint density at radius 2 is 2.00 bits per heavy atom. The fourth-order valence-electron chi connectivity index (χ4n) is 2.40. The van der Waals surface area contributed by atoms with Crippen molar-refractivity contribution in [1.82, 2.24) is 14.8 Å². The van der Waals surface area contributed by atoms with Gasteiger partial charge in [0.05, 0.1) is 17.3 Å². The van der Waals surface area contributed by atoms with Crippen molar-refractivity contribution in [3.63, 3.8) is 0 Å². The molecule has 1 N–H and O–H groups in total. The van der Waals surface area contributed by atoms with Crippen LogP contribution in [0.15, 0.2) is 54.7 Å². The van der Waals surface area contributed by atoms with Gasteiger partial charge in [0, 0.05) is 17.8 Å². The van der Waals surface area contributed by atoms with E-state index in [1.165, 1.54) is 35.6 Å². The molecule has 8 heteroatoms. The zero-order valence-electron chi connectivity index (χ0n) is 13.6. The highest BCUT2D eigenvalue weighted by molar-refractivity contribution is 7.20. The van der Waals surface area contributed by atoms with E-state index in [0.717, 1.165) is 16.0 Å². The predicted molar refractivity (Wildman–Crippen MR) is 97.6 cm³/mol. The molecule has 0 spiro atoms. The van der Waals surface area contributed by atoms with E-state index in [2.05, 4.69) is 15.4 Å². The van der Waals surface area contributed by atoms with E-state index in [-0.39, 0.29) is 5.91 Å². The van der Waals surface area contributed by atoms with E-state index >= 15 is 0 Å². The summed E-state index contributed by atoms with van der Waals surface area (Å²) in [5.41, 5.74) is 1.20. The molecular formula is C18H13FN4O2S. The number of amides is 1. The van der Waals surface area contributed by atoms with E-state index in [1.54, 1.807) is 24.1 Å². The van der Waals surface area contributed by atoms with Crippen molar-refractivity contribution in [3.8, 4) is 10.9 Å². The van der Waals surface area contributed by atoms with Crippen LogP contribution in [-0.4, -0.2) is 27.8 Å². The number of hydrogen-bond acceptors (Lipinski definition) is 5. The Labute approximate surface area is 151 Å². The summed E-state index contributed by atoms with van der Waals surface area (Å²) in [6.07, 6.45) is 1.72. The third-order valence-corrected chi connectivity index (χ3v) is 4.73. The number of ether oxygens (including phenoxy) is 1. The van der Waals surface area contributed by atoms with E-state index < -0.39 is 5.82 Å². The van der Waals surface area contributed by atoms with Gasteiger partial charge in [-0.25, -0.2) is 14.1 Å². The van der Waals surface area contributed by atoms with E-state index in [4.69, 9.17) is 4.74 Å². The molecule has 1 amide bonds.